The summed E-state index contributed by atoms with van der Waals surface area (Å²) in [6.45, 7) is 1.29. The van der Waals surface area contributed by atoms with Crippen LogP contribution in [0.15, 0.2) is 0 Å². The maximum absolute atomic E-state index is 3.98. The van der Waals surface area contributed by atoms with Crippen LogP contribution in [0.3, 0.4) is 0 Å². The van der Waals surface area contributed by atoms with Crippen LogP contribution in [0.5, 0.6) is 0 Å². The lowest BCUT2D eigenvalue weighted by Crippen LogP contribution is -2.31. The summed E-state index contributed by atoms with van der Waals surface area (Å²) in [5.74, 6) is 1.01. The molecule has 2 saturated carbocycles. The fourth-order valence-corrected chi connectivity index (χ4v) is 5.04. The van der Waals surface area contributed by atoms with Gasteiger partial charge in [0.15, 0.2) is 0 Å². The van der Waals surface area contributed by atoms with Gasteiger partial charge in [-0.3, -0.25) is 0 Å². The van der Waals surface area contributed by atoms with Crippen molar-refractivity contribution in [2.24, 2.45) is 5.92 Å². The van der Waals surface area contributed by atoms with E-state index in [1.54, 1.807) is 0 Å². The van der Waals surface area contributed by atoms with E-state index in [1.165, 1.54) is 141 Å². The molecule has 0 heterocycles. The Morgan fingerprint density at radius 3 is 1.24 bits per heavy atom. The average molecular weight is 350 g/mol. The van der Waals surface area contributed by atoms with Crippen molar-refractivity contribution in [3.8, 4) is 0 Å². The molecule has 1 nitrogen and oxygen atoms in total. The highest BCUT2D eigenvalue weighted by Crippen LogP contribution is 2.24. The van der Waals surface area contributed by atoms with Gasteiger partial charge in [0, 0.05) is 6.04 Å². The number of rotatable bonds is 4. The van der Waals surface area contributed by atoms with E-state index in [0.29, 0.717) is 0 Å². The van der Waals surface area contributed by atoms with E-state index in [4.69, 9.17) is 0 Å². The van der Waals surface area contributed by atoms with Gasteiger partial charge in [0.25, 0.3) is 0 Å². The molecule has 0 aromatic heterocycles. The normalized spacial score (nSPS) is 25.0. The van der Waals surface area contributed by atoms with E-state index in [1.807, 2.05) is 0 Å². The van der Waals surface area contributed by atoms with Gasteiger partial charge in [-0.1, -0.05) is 116 Å². The van der Waals surface area contributed by atoms with Crippen LogP contribution in [-0.2, 0) is 0 Å². The van der Waals surface area contributed by atoms with Crippen molar-refractivity contribution < 1.29 is 0 Å². The summed E-state index contributed by atoms with van der Waals surface area (Å²) in [4.78, 5) is 0. The fourth-order valence-electron chi connectivity index (χ4n) is 5.04. The summed E-state index contributed by atoms with van der Waals surface area (Å²) in [7, 11) is 0. The van der Waals surface area contributed by atoms with Gasteiger partial charge in [0.05, 0.1) is 0 Å². The maximum atomic E-state index is 3.98. The van der Waals surface area contributed by atoms with Crippen LogP contribution >= 0.6 is 0 Å². The third kappa shape index (κ3) is 11.3. The highest BCUT2D eigenvalue weighted by atomic mass is 14.9. The molecule has 148 valence electrons. The molecule has 1 heteroatoms. The van der Waals surface area contributed by atoms with E-state index in [2.05, 4.69) is 5.32 Å². The Morgan fingerprint density at radius 1 is 0.440 bits per heavy atom. The summed E-state index contributed by atoms with van der Waals surface area (Å²) in [6, 6.07) is 0.820. The highest BCUT2D eigenvalue weighted by Gasteiger charge is 2.13. The molecule has 0 spiro atoms. The lowest BCUT2D eigenvalue weighted by Gasteiger charge is -2.22. The first kappa shape index (κ1) is 21.3. The van der Waals surface area contributed by atoms with Crippen LogP contribution in [0.2, 0.25) is 0 Å². The zero-order valence-electron chi connectivity index (χ0n) is 17.2. The molecule has 2 fully saturated rings. The lowest BCUT2D eigenvalue weighted by atomic mass is 9.92. The highest BCUT2D eigenvalue weighted by molar-refractivity contribution is 4.71. The topological polar surface area (TPSA) is 12.0 Å². The Kier molecular flexibility index (Phi) is 12.8. The molecule has 0 aliphatic heterocycles. The Balaban J connectivity index is 1.64. The Hall–Kier alpha value is -0.0400. The molecular weight excluding hydrogens is 302 g/mol. The Morgan fingerprint density at radius 2 is 0.800 bits per heavy atom. The molecule has 0 atom stereocenters. The van der Waals surface area contributed by atoms with E-state index >= 15 is 0 Å². The zero-order chi connectivity index (χ0) is 17.4. The molecule has 25 heavy (non-hydrogen) atoms. The second-order valence-corrected chi connectivity index (χ2v) is 9.12. The van der Waals surface area contributed by atoms with Crippen molar-refractivity contribution in [1.82, 2.24) is 5.32 Å². The van der Waals surface area contributed by atoms with Gasteiger partial charge in [-0.15, -0.1) is 0 Å². The van der Waals surface area contributed by atoms with E-state index in [9.17, 15) is 0 Å². The molecule has 0 saturated heterocycles. The second kappa shape index (κ2) is 15.1. The number of nitrogens with one attached hydrogen (secondary N) is 1. The molecular formula is C24H47N. The van der Waals surface area contributed by atoms with Crippen LogP contribution < -0.4 is 5.32 Å². The molecule has 0 aromatic carbocycles. The van der Waals surface area contributed by atoms with Crippen molar-refractivity contribution in [3.63, 3.8) is 0 Å². The molecule has 2 rings (SSSR count). The Labute approximate surface area is 159 Å². The van der Waals surface area contributed by atoms with E-state index in [-0.39, 0.29) is 0 Å². The molecule has 0 amide bonds. The number of hydrogen-bond donors (Lipinski definition) is 1. The van der Waals surface area contributed by atoms with Crippen molar-refractivity contribution in [2.75, 3.05) is 6.54 Å². The first-order chi connectivity index (χ1) is 12.4. The average Bonchev–Trinajstić information content (AvgIpc) is 2.72. The first-order valence-electron chi connectivity index (χ1n) is 12.2. The SMILES string of the molecule is C1CCCCCC(CCNC2CCCCCCCCCC2)CCCC1. The first-order valence-corrected chi connectivity index (χ1v) is 12.2. The van der Waals surface area contributed by atoms with Gasteiger partial charge < -0.3 is 5.32 Å². The quantitative estimate of drug-likeness (QED) is 0.546. The summed E-state index contributed by atoms with van der Waals surface area (Å²) in [5.41, 5.74) is 0. The van der Waals surface area contributed by atoms with Crippen LogP contribution in [0.4, 0.5) is 0 Å². The minimum Gasteiger partial charge on any atom is -0.314 e. The third-order valence-electron chi connectivity index (χ3n) is 6.82. The van der Waals surface area contributed by atoms with Crippen LogP contribution in [0.1, 0.15) is 135 Å². The lowest BCUT2D eigenvalue weighted by molar-refractivity contribution is 0.353. The molecule has 0 unspecified atom stereocenters. The Bertz CT molecular complexity index is 236. The molecule has 0 aromatic rings. The van der Waals surface area contributed by atoms with Crippen molar-refractivity contribution >= 4 is 0 Å². The minimum atomic E-state index is 0.820. The molecule has 2 aliphatic rings. The summed E-state index contributed by atoms with van der Waals surface area (Å²) in [5, 5.41) is 3.98. The minimum absolute atomic E-state index is 0.820. The summed E-state index contributed by atoms with van der Waals surface area (Å²) in [6.07, 6.45) is 31.1. The van der Waals surface area contributed by atoms with Crippen LogP contribution in [-0.4, -0.2) is 12.6 Å². The van der Waals surface area contributed by atoms with Crippen molar-refractivity contribution in [3.05, 3.63) is 0 Å². The molecule has 2 aliphatic carbocycles. The number of hydrogen-bond acceptors (Lipinski definition) is 1. The predicted octanol–water partition coefficient (Wildman–Crippen LogP) is 7.78. The smallest absolute Gasteiger partial charge is 0.00670 e. The van der Waals surface area contributed by atoms with Gasteiger partial charge >= 0.3 is 0 Å². The van der Waals surface area contributed by atoms with Gasteiger partial charge in [-0.2, -0.15) is 0 Å². The van der Waals surface area contributed by atoms with Crippen LogP contribution in [0.25, 0.3) is 0 Å². The van der Waals surface area contributed by atoms with E-state index in [0.717, 1.165) is 12.0 Å². The van der Waals surface area contributed by atoms with Gasteiger partial charge in [-0.05, 0) is 31.7 Å². The van der Waals surface area contributed by atoms with Crippen molar-refractivity contribution in [2.45, 2.75) is 141 Å². The zero-order valence-corrected chi connectivity index (χ0v) is 17.2. The third-order valence-corrected chi connectivity index (χ3v) is 6.82. The van der Waals surface area contributed by atoms with Gasteiger partial charge in [-0.25, -0.2) is 0 Å². The van der Waals surface area contributed by atoms with Gasteiger partial charge in [0.2, 0.25) is 0 Å². The fraction of sp³-hybridized carbons (Fsp3) is 1.00. The standard InChI is InChI=1S/C24H47N/c1-2-6-10-14-18-23(17-13-9-5-1)21-22-25-24-19-15-11-7-3-4-8-12-16-20-24/h23-25H,1-22H2. The molecule has 0 radical (unpaired) electrons. The largest absolute Gasteiger partial charge is 0.314 e. The second-order valence-electron chi connectivity index (χ2n) is 9.12. The van der Waals surface area contributed by atoms with Crippen molar-refractivity contribution in [1.29, 1.82) is 0 Å². The van der Waals surface area contributed by atoms with Gasteiger partial charge in [0.1, 0.15) is 0 Å². The molecule has 0 bridgehead atoms. The monoisotopic (exact) mass is 349 g/mol. The summed E-state index contributed by atoms with van der Waals surface area (Å²) >= 11 is 0. The summed E-state index contributed by atoms with van der Waals surface area (Å²) < 4.78 is 0. The van der Waals surface area contributed by atoms with Crippen LogP contribution in [0, 0.1) is 5.92 Å². The predicted molar refractivity (Wildman–Crippen MR) is 112 cm³/mol. The maximum Gasteiger partial charge on any atom is 0.00670 e. The molecule has 1 N–H and O–H groups in total. The van der Waals surface area contributed by atoms with E-state index < -0.39 is 0 Å².